The molecule has 1 aromatic carbocycles. The van der Waals surface area contributed by atoms with Crippen molar-refractivity contribution in [3.63, 3.8) is 0 Å². The van der Waals surface area contributed by atoms with Gasteiger partial charge in [0.2, 0.25) is 0 Å². The van der Waals surface area contributed by atoms with E-state index in [-0.39, 0.29) is 18.9 Å². The van der Waals surface area contributed by atoms with Gasteiger partial charge in [-0.1, -0.05) is 24.8 Å². The van der Waals surface area contributed by atoms with Crippen LogP contribution in [0.4, 0.5) is 17.6 Å². The van der Waals surface area contributed by atoms with Crippen molar-refractivity contribution in [3.8, 4) is 0 Å². The fourth-order valence-corrected chi connectivity index (χ4v) is 3.50. The van der Waals surface area contributed by atoms with Gasteiger partial charge in [0.05, 0.1) is 7.18 Å². The predicted octanol–water partition coefficient (Wildman–Crippen LogP) is -0.126. The van der Waals surface area contributed by atoms with Gasteiger partial charge in [0, 0.05) is 4.90 Å². The Labute approximate surface area is 144 Å². The van der Waals surface area contributed by atoms with E-state index in [4.69, 9.17) is 0 Å². The van der Waals surface area contributed by atoms with Crippen LogP contribution in [0.15, 0.2) is 35.7 Å². The minimum absolute atomic E-state index is 0. The fraction of sp³-hybridized carbons (Fsp3) is 0.273. The van der Waals surface area contributed by atoms with Crippen LogP contribution in [0.25, 0.3) is 10.2 Å². The molecule has 0 aliphatic carbocycles. The smallest absolute Gasteiger partial charge is 0.427 e. The SMILES string of the molecule is C=Cc1ccc(S(=O)(=O)[N-]S(=O)(=O)C(F)(F)CF)cc1.CF.[Li+]. The molecule has 0 N–H and O–H groups in total. The minimum atomic E-state index is -5.82. The van der Waals surface area contributed by atoms with Crippen LogP contribution < -0.4 is 18.9 Å². The number of benzene rings is 1. The number of sulfonamides is 2. The molecule has 1 rings (SSSR count). The Hall–Kier alpha value is -0.863. The molecular weight excluding hydrogens is 357 g/mol. The van der Waals surface area contributed by atoms with Gasteiger partial charge in [-0.2, -0.15) is 8.78 Å². The van der Waals surface area contributed by atoms with E-state index in [1.165, 1.54) is 18.2 Å². The Balaban J connectivity index is 0. The quantitative estimate of drug-likeness (QED) is 0.517. The van der Waals surface area contributed by atoms with E-state index in [0.717, 1.165) is 12.1 Å². The second-order valence-electron chi connectivity index (χ2n) is 3.57. The number of halogens is 4. The summed E-state index contributed by atoms with van der Waals surface area (Å²) in [6.07, 6.45) is 1.39. The van der Waals surface area contributed by atoms with Crippen molar-refractivity contribution in [2.75, 3.05) is 13.9 Å². The molecule has 0 saturated carbocycles. The molecule has 0 aliphatic heterocycles. The normalized spacial score (nSPS) is 11.7. The number of alkyl halides is 4. The third kappa shape index (κ3) is 6.27. The largest absolute Gasteiger partial charge is 1.00 e. The third-order valence-corrected chi connectivity index (χ3v) is 5.44. The summed E-state index contributed by atoms with van der Waals surface area (Å²) in [7, 11) is -10.2. The van der Waals surface area contributed by atoms with E-state index < -0.39 is 36.9 Å². The average Bonchev–Trinajstić information content (AvgIpc) is 2.48. The second kappa shape index (κ2) is 9.44. The van der Waals surface area contributed by atoms with Crippen molar-refractivity contribution in [2.45, 2.75) is 10.2 Å². The molecule has 0 aliphatic rings. The zero-order valence-electron chi connectivity index (χ0n) is 12.2. The Kier molecular flexibility index (Phi) is 10.0. The molecule has 12 heteroatoms. The zero-order chi connectivity index (χ0) is 17.6. The molecule has 0 radical (unpaired) electrons. The van der Waals surface area contributed by atoms with Gasteiger partial charge >= 0.3 is 24.1 Å². The van der Waals surface area contributed by atoms with Crippen LogP contribution >= 0.6 is 0 Å². The van der Waals surface area contributed by atoms with Crippen molar-refractivity contribution in [2.24, 2.45) is 0 Å². The Morgan fingerprint density at radius 1 is 1.13 bits per heavy atom. The molecule has 0 amide bonds. The van der Waals surface area contributed by atoms with E-state index in [1.54, 1.807) is 0 Å². The van der Waals surface area contributed by atoms with Gasteiger partial charge in [0.15, 0.2) is 16.7 Å². The summed E-state index contributed by atoms with van der Waals surface area (Å²) in [6.45, 7) is 0.850. The fourth-order valence-electron chi connectivity index (χ4n) is 1.07. The van der Waals surface area contributed by atoms with Crippen LogP contribution in [0.2, 0.25) is 0 Å². The van der Waals surface area contributed by atoms with Gasteiger partial charge in [-0.05, 0) is 17.7 Å². The predicted molar refractivity (Wildman–Crippen MR) is 74.0 cm³/mol. The maximum atomic E-state index is 12.8. The number of hydrogen-bond acceptors (Lipinski definition) is 4. The van der Waals surface area contributed by atoms with Gasteiger partial charge in [0.25, 0.3) is 0 Å². The molecule has 126 valence electrons. The molecule has 1 aromatic rings. The van der Waals surface area contributed by atoms with Crippen LogP contribution in [0.5, 0.6) is 0 Å². The van der Waals surface area contributed by atoms with Gasteiger partial charge in [0.1, 0.15) is 10.0 Å². The molecule has 23 heavy (non-hydrogen) atoms. The van der Waals surface area contributed by atoms with Crippen molar-refractivity contribution in [1.82, 2.24) is 0 Å². The van der Waals surface area contributed by atoms with Crippen LogP contribution in [0, 0.1) is 0 Å². The monoisotopic (exact) mass is 369 g/mol. The Morgan fingerprint density at radius 2 is 1.57 bits per heavy atom. The standard InChI is InChI=1S/C10H9F3NO4S2.CH3F.Li/c1-2-8-3-5-9(6-4-8)19(15,16)14-20(17,18)10(12,13)7-11;1-2;/h2-6H,1,7H2;1H3;/q-1;;+1. The number of rotatable bonds is 6. The van der Waals surface area contributed by atoms with E-state index in [2.05, 4.69) is 10.7 Å². The average molecular weight is 369 g/mol. The van der Waals surface area contributed by atoms with E-state index >= 15 is 0 Å². The van der Waals surface area contributed by atoms with E-state index in [9.17, 15) is 34.4 Å². The summed E-state index contributed by atoms with van der Waals surface area (Å²) in [4.78, 5) is -0.610. The maximum Gasteiger partial charge on any atom is 1.00 e. The topological polar surface area (TPSA) is 82.4 Å². The summed E-state index contributed by atoms with van der Waals surface area (Å²) >= 11 is 0. The van der Waals surface area contributed by atoms with E-state index in [0.29, 0.717) is 12.7 Å². The number of hydrogen-bond donors (Lipinski definition) is 0. The van der Waals surface area contributed by atoms with Gasteiger partial charge in [-0.3, -0.25) is 4.39 Å². The summed E-state index contributed by atoms with van der Waals surface area (Å²) in [6, 6.07) is 4.49. The summed E-state index contributed by atoms with van der Waals surface area (Å²) in [5.41, 5.74) is 0.529. The molecule has 0 aromatic heterocycles. The molecule has 0 fully saturated rings. The summed E-state index contributed by atoms with van der Waals surface area (Å²) in [5.74, 6) is 0. The van der Waals surface area contributed by atoms with Gasteiger partial charge < -0.3 is 4.13 Å². The Bertz CT molecular complexity index is 706. The first kappa shape index (κ1) is 24.4. The van der Waals surface area contributed by atoms with E-state index in [1.807, 2.05) is 0 Å². The molecule has 0 saturated heterocycles. The molecular formula is C11H12F4LiNO4S2. The molecule has 0 bridgehead atoms. The molecule has 5 nitrogen and oxygen atoms in total. The molecule has 0 unspecified atom stereocenters. The first-order valence-corrected chi connectivity index (χ1v) is 8.22. The van der Waals surface area contributed by atoms with Crippen molar-refractivity contribution in [1.29, 1.82) is 0 Å². The number of nitrogens with zero attached hydrogens (tertiary/aromatic N) is 1. The van der Waals surface area contributed by atoms with Crippen LogP contribution in [-0.2, 0) is 20.0 Å². The van der Waals surface area contributed by atoms with Crippen LogP contribution in [-0.4, -0.2) is 35.9 Å². The Morgan fingerprint density at radius 3 is 1.91 bits per heavy atom. The van der Waals surface area contributed by atoms with Crippen molar-refractivity contribution < 1.29 is 53.3 Å². The zero-order valence-corrected chi connectivity index (χ0v) is 13.8. The molecule has 0 spiro atoms. The van der Waals surface area contributed by atoms with Crippen molar-refractivity contribution >= 4 is 26.1 Å². The molecule has 0 heterocycles. The molecule has 0 atom stereocenters. The van der Waals surface area contributed by atoms with Crippen molar-refractivity contribution in [3.05, 3.63) is 40.5 Å². The first-order valence-electron chi connectivity index (χ1n) is 5.34. The first-order chi connectivity index (χ1) is 10.1. The van der Waals surface area contributed by atoms with Crippen LogP contribution in [0.1, 0.15) is 5.56 Å². The summed E-state index contributed by atoms with van der Waals surface area (Å²) in [5, 5.41) is -4.89. The minimum Gasteiger partial charge on any atom is -0.427 e. The maximum absolute atomic E-state index is 12.8. The van der Waals surface area contributed by atoms with Gasteiger partial charge in [-0.15, -0.1) is 0 Å². The second-order valence-corrected chi connectivity index (χ2v) is 7.13. The van der Waals surface area contributed by atoms with Gasteiger partial charge in [-0.25, -0.2) is 21.2 Å². The summed E-state index contributed by atoms with van der Waals surface area (Å²) < 4.78 is 94.4. The third-order valence-electron chi connectivity index (χ3n) is 2.14. The van der Waals surface area contributed by atoms with Crippen LogP contribution in [0.3, 0.4) is 0 Å².